The Balaban J connectivity index is 1.29. The molecule has 6 heteroatoms. The van der Waals surface area contributed by atoms with Crippen LogP contribution in [-0.2, 0) is 11.3 Å². The summed E-state index contributed by atoms with van der Waals surface area (Å²) in [6.07, 6.45) is 13.2. The first-order valence-electron chi connectivity index (χ1n) is 10.7. The number of aromatic nitrogens is 2. The zero-order valence-electron chi connectivity index (χ0n) is 16.4. The molecule has 2 aliphatic carbocycles. The summed E-state index contributed by atoms with van der Waals surface area (Å²) < 4.78 is 5.89. The van der Waals surface area contributed by atoms with Crippen molar-refractivity contribution in [1.29, 1.82) is 0 Å². The number of nitrogens with two attached hydrogens (primary N) is 1. The third-order valence-electron chi connectivity index (χ3n) is 7.07. The van der Waals surface area contributed by atoms with Crippen LogP contribution >= 0.6 is 0 Å². The van der Waals surface area contributed by atoms with Crippen molar-refractivity contribution in [2.24, 2.45) is 11.1 Å². The van der Waals surface area contributed by atoms with E-state index in [0.29, 0.717) is 19.1 Å². The first-order chi connectivity index (χ1) is 13.2. The Kier molecular flexibility index (Phi) is 6.07. The van der Waals surface area contributed by atoms with Gasteiger partial charge in [-0.2, -0.15) is 0 Å². The summed E-state index contributed by atoms with van der Waals surface area (Å²) in [6.45, 7) is 4.01. The molecule has 27 heavy (non-hydrogen) atoms. The summed E-state index contributed by atoms with van der Waals surface area (Å²) in [6, 6.07) is 0. The van der Waals surface area contributed by atoms with Gasteiger partial charge in [-0.05, 0) is 38.8 Å². The second kappa shape index (κ2) is 8.52. The van der Waals surface area contributed by atoms with E-state index in [4.69, 9.17) is 10.5 Å². The van der Waals surface area contributed by atoms with Gasteiger partial charge in [-0.25, -0.2) is 9.97 Å². The average Bonchev–Trinajstić information content (AvgIpc) is 2.73. The fourth-order valence-electron chi connectivity index (χ4n) is 5.23. The molecule has 3 fully saturated rings. The van der Waals surface area contributed by atoms with E-state index in [1.54, 1.807) is 0 Å². The number of likely N-dealkylation sites (tertiary alicyclic amines) is 1. The van der Waals surface area contributed by atoms with Gasteiger partial charge in [0.1, 0.15) is 5.82 Å². The molecular formula is C21H34N4O2. The van der Waals surface area contributed by atoms with Crippen molar-refractivity contribution in [2.75, 3.05) is 26.2 Å². The van der Waals surface area contributed by atoms with Gasteiger partial charge in [-0.15, -0.1) is 0 Å². The van der Waals surface area contributed by atoms with E-state index in [1.165, 1.54) is 37.7 Å². The molecular weight excluding hydrogens is 340 g/mol. The molecule has 3 aliphatic rings. The Morgan fingerprint density at radius 2 is 1.85 bits per heavy atom. The molecule has 1 aromatic rings. The number of nitrogens with zero attached hydrogens (tertiary/aromatic N) is 3. The third-order valence-corrected chi connectivity index (χ3v) is 7.07. The van der Waals surface area contributed by atoms with Crippen LogP contribution in [0.1, 0.15) is 68.7 Å². The molecule has 2 saturated carbocycles. The Labute approximate surface area is 162 Å². The highest BCUT2D eigenvalue weighted by Gasteiger charge is 2.55. The first kappa shape index (κ1) is 19.2. The van der Waals surface area contributed by atoms with Gasteiger partial charge in [0.25, 0.3) is 0 Å². The number of hydrogen-bond donors (Lipinski definition) is 2. The van der Waals surface area contributed by atoms with Crippen LogP contribution in [0.5, 0.6) is 0 Å². The molecule has 0 amide bonds. The van der Waals surface area contributed by atoms with E-state index in [1.807, 2.05) is 12.4 Å². The number of aliphatic hydroxyl groups is 1. The summed E-state index contributed by atoms with van der Waals surface area (Å²) in [7, 11) is 0. The van der Waals surface area contributed by atoms with Crippen LogP contribution in [0.4, 0.5) is 0 Å². The van der Waals surface area contributed by atoms with Gasteiger partial charge >= 0.3 is 0 Å². The minimum atomic E-state index is -0.222. The van der Waals surface area contributed by atoms with E-state index in [2.05, 4.69) is 14.9 Å². The fraction of sp³-hybridized carbons (Fsp3) is 0.810. The predicted molar refractivity (Wildman–Crippen MR) is 104 cm³/mol. The van der Waals surface area contributed by atoms with Crippen molar-refractivity contribution in [3.05, 3.63) is 23.8 Å². The van der Waals surface area contributed by atoms with Gasteiger partial charge in [0.15, 0.2) is 0 Å². The molecule has 2 heterocycles. The van der Waals surface area contributed by atoms with Crippen molar-refractivity contribution in [2.45, 2.75) is 76.0 Å². The molecule has 1 spiro atoms. The highest BCUT2D eigenvalue weighted by molar-refractivity contribution is 5.10. The molecule has 1 aromatic heterocycles. The lowest BCUT2D eigenvalue weighted by Gasteiger charge is -2.56. The highest BCUT2D eigenvalue weighted by atomic mass is 16.5. The second-order valence-electron chi connectivity index (χ2n) is 8.69. The molecule has 0 aromatic carbocycles. The summed E-state index contributed by atoms with van der Waals surface area (Å²) in [4.78, 5) is 11.8. The fourth-order valence-corrected chi connectivity index (χ4v) is 5.23. The third kappa shape index (κ3) is 4.04. The molecule has 1 saturated heterocycles. The minimum Gasteiger partial charge on any atom is -0.392 e. The van der Waals surface area contributed by atoms with Gasteiger partial charge in [0.05, 0.1) is 18.8 Å². The standard InChI is InChI=1S/C21H34N4O2/c22-8-11-27-19-12-18(26)21(19)6-9-25(10-7-21)15-16-13-23-20(24-14-16)17-4-2-1-3-5-17/h13-14,17-19,26H,1-12,15,22H2/t18-,19+/m0/s1. The van der Waals surface area contributed by atoms with Crippen molar-refractivity contribution in [3.8, 4) is 0 Å². The molecule has 6 nitrogen and oxygen atoms in total. The second-order valence-corrected chi connectivity index (χ2v) is 8.69. The van der Waals surface area contributed by atoms with E-state index in [0.717, 1.165) is 44.7 Å². The Morgan fingerprint density at radius 3 is 2.48 bits per heavy atom. The van der Waals surface area contributed by atoms with Crippen LogP contribution < -0.4 is 5.73 Å². The smallest absolute Gasteiger partial charge is 0.131 e. The Bertz CT molecular complexity index is 595. The topological polar surface area (TPSA) is 84.5 Å². The van der Waals surface area contributed by atoms with Crippen molar-refractivity contribution in [1.82, 2.24) is 14.9 Å². The van der Waals surface area contributed by atoms with Gasteiger partial charge in [0, 0.05) is 48.8 Å². The van der Waals surface area contributed by atoms with Gasteiger partial charge < -0.3 is 15.6 Å². The molecule has 150 valence electrons. The maximum atomic E-state index is 10.4. The molecule has 0 unspecified atom stereocenters. The van der Waals surface area contributed by atoms with Crippen LogP contribution in [0, 0.1) is 5.41 Å². The van der Waals surface area contributed by atoms with Crippen molar-refractivity contribution < 1.29 is 9.84 Å². The largest absolute Gasteiger partial charge is 0.392 e. The maximum Gasteiger partial charge on any atom is 0.131 e. The van der Waals surface area contributed by atoms with E-state index >= 15 is 0 Å². The summed E-state index contributed by atoms with van der Waals surface area (Å²) in [5, 5.41) is 10.4. The summed E-state index contributed by atoms with van der Waals surface area (Å²) >= 11 is 0. The molecule has 0 radical (unpaired) electrons. The Morgan fingerprint density at radius 1 is 1.15 bits per heavy atom. The quantitative estimate of drug-likeness (QED) is 0.794. The molecule has 0 bridgehead atoms. The highest BCUT2D eigenvalue weighted by Crippen LogP contribution is 2.51. The molecule has 3 N–H and O–H groups in total. The van der Waals surface area contributed by atoms with Crippen molar-refractivity contribution >= 4 is 0 Å². The number of rotatable bonds is 6. The summed E-state index contributed by atoms with van der Waals surface area (Å²) in [5.41, 5.74) is 6.71. The number of aliphatic hydroxyl groups excluding tert-OH is 1. The van der Waals surface area contributed by atoms with Gasteiger partial charge in [-0.1, -0.05) is 19.3 Å². The normalized spacial score (nSPS) is 29.0. The number of piperidine rings is 1. The van der Waals surface area contributed by atoms with Gasteiger partial charge in [-0.3, -0.25) is 4.90 Å². The molecule has 2 atom stereocenters. The first-order valence-corrected chi connectivity index (χ1v) is 10.7. The lowest BCUT2D eigenvalue weighted by molar-refractivity contribution is -0.210. The minimum absolute atomic E-state index is 0.0486. The van der Waals surface area contributed by atoms with Crippen LogP contribution in [0.2, 0.25) is 0 Å². The SMILES string of the molecule is NCCO[C@@H]1C[C@H](O)C12CCN(Cc1cnc(C3CCCCC3)nc1)CC2. The van der Waals surface area contributed by atoms with Gasteiger partial charge in [0.2, 0.25) is 0 Å². The van der Waals surface area contributed by atoms with E-state index in [9.17, 15) is 5.11 Å². The molecule has 1 aliphatic heterocycles. The van der Waals surface area contributed by atoms with Crippen LogP contribution in [0.3, 0.4) is 0 Å². The summed E-state index contributed by atoms with van der Waals surface area (Å²) in [5.74, 6) is 1.60. The zero-order valence-corrected chi connectivity index (χ0v) is 16.4. The van der Waals surface area contributed by atoms with Crippen LogP contribution in [0.25, 0.3) is 0 Å². The zero-order chi connectivity index (χ0) is 18.7. The van der Waals surface area contributed by atoms with E-state index in [-0.39, 0.29) is 17.6 Å². The monoisotopic (exact) mass is 374 g/mol. The number of hydrogen-bond acceptors (Lipinski definition) is 6. The number of ether oxygens (including phenoxy) is 1. The lowest BCUT2D eigenvalue weighted by Crippen LogP contribution is -2.62. The van der Waals surface area contributed by atoms with Crippen molar-refractivity contribution in [3.63, 3.8) is 0 Å². The molecule has 4 rings (SSSR count). The van der Waals surface area contributed by atoms with Crippen LogP contribution in [-0.4, -0.2) is 58.4 Å². The average molecular weight is 375 g/mol. The predicted octanol–water partition coefficient (Wildman–Crippen LogP) is 2.21. The maximum absolute atomic E-state index is 10.4. The van der Waals surface area contributed by atoms with Crippen LogP contribution in [0.15, 0.2) is 12.4 Å². The Hall–Kier alpha value is -1.08. The van der Waals surface area contributed by atoms with E-state index < -0.39 is 0 Å². The lowest BCUT2D eigenvalue weighted by atomic mass is 9.58.